The molecule has 0 saturated carbocycles. The number of halogens is 5. The molecule has 0 aliphatic heterocycles. The van der Waals surface area contributed by atoms with Crippen LogP contribution in [0.25, 0.3) is 0 Å². The Morgan fingerprint density at radius 1 is 1.25 bits per heavy atom. The van der Waals surface area contributed by atoms with E-state index in [1.165, 1.54) is 0 Å². The van der Waals surface area contributed by atoms with Crippen molar-refractivity contribution in [1.29, 1.82) is 0 Å². The monoisotopic (exact) mass is 291 g/mol. The highest BCUT2D eigenvalue weighted by Crippen LogP contribution is 2.47. The zero-order chi connectivity index (χ0) is 12.5. The predicted molar refractivity (Wildman–Crippen MR) is 55.0 cm³/mol. The first-order valence-electron chi connectivity index (χ1n) is 3.60. The molecular formula is C7H2Cl2F3NO2S. The summed E-state index contributed by atoms with van der Waals surface area (Å²) in [7, 11) is 0. The molecule has 0 spiro atoms. The van der Waals surface area contributed by atoms with Gasteiger partial charge in [0, 0.05) is 0 Å². The van der Waals surface area contributed by atoms with Crippen LogP contribution >= 0.6 is 35.0 Å². The van der Waals surface area contributed by atoms with Gasteiger partial charge in [0.1, 0.15) is 9.92 Å². The van der Waals surface area contributed by atoms with E-state index in [4.69, 9.17) is 23.2 Å². The van der Waals surface area contributed by atoms with Crippen molar-refractivity contribution in [2.45, 2.75) is 10.4 Å². The van der Waals surface area contributed by atoms with Crippen molar-refractivity contribution in [1.82, 2.24) is 0 Å². The lowest BCUT2D eigenvalue weighted by Gasteiger charge is -2.08. The van der Waals surface area contributed by atoms with Crippen LogP contribution < -0.4 is 0 Å². The second-order valence-electron chi connectivity index (χ2n) is 2.51. The number of hydrogen-bond acceptors (Lipinski definition) is 3. The van der Waals surface area contributed by atoms with Crippen molar-refractivity contribution < 1.29 is 18.1 Å². The van der Waals surface area contributed by atoms with Gasteiger partial charge in [-0.2, -0.15) is 13.2 Å². The molecule has 0 saturated heterocycles. The topological polar surface area (TPSA) is 43.1 Å². The Balaban J connectivity index is 3.35. The summed E-state index contributed by atoms with van der Waals surface area (Å²) in [5.41, 5.74) is -5.50. The standard InChI is InChI=1S/C7H2Cl2F3NO2S/c8-3-1-2-4(9)6(5(3)13(14)15)16-7(10,11)12/h1-2H. The van der Waals surface area contributed by atoms with Crippen molar-refractivity contribution in [3.63, 3.8) is 0 Å². The summed E-state index contributed by atoms with van der Waals surface area (Å²) >= 11 is 10.3. The number of hydrogen-bond donors (Lipinski definition) is 0. The van der Waals surface area contributed by atoms with Gasteiger partial charge in [0.15, 0.2) is 0 Å². The van der Waals surface area contributed by atoms with Crippen LogP contribution in [0.1, 0.15) is 0 Å². The number of nitrogens with zero attached hydrogens (tertiary/aromatic N) is 1. The Labute approximate surface area is 102 Å². The lowest BCUT2D eigenvalue weighted by Crippen LogP contribution is -2.02. The van der Waals surface area contributed by atoms with E-state index in [1.54, 1.807) is 0 Å². The molecule has 0 aromatic heterocycles. The number of benzene rings is 1. The van der Waals surface area contributed by atoms with Crippen LogP contribution in [-0.2, 0) is 0 Å². The van der Waals surface area contributed by atoms with Crippen LogP contribution in [0.5, 0.6) is 0 Å². The number of nitro benzene ring substituents is 1. The van der Waals surface area contributed by atoms with E-state index < -0.39 is 32.8 Å². The molecule has 0 amide bonds. The van der Waals surface area contributed by atoms with Gasteiger partial charge in [-0.05, 0) is 23.9 Å². The Bertz CT molecular complexity index is 438. The molecule has 1 aromatic rings. The molecule has 88 valence electrons. The first kappa shape index (κ1) is 13.4. The lowest BCUT2D eigenvalue weighted by atomic mass is 10.3. The van der Waals surface area contributed by atoms with Gasteiger partial charge in [0.05, 0.1) is 9.95 Å². The Morgan fingerprint density at radius 3 is 2.19 bits per heavy atom. The highest BCUT2D eigenvalue weighted by Gasteiger charge is 2.35. The fraction of sp³-hybridized carbons (Fsp3) is 0.143. The molecule has 0 N–H and O–H groups in total. The summed E-state index contributed by atoms with van der Waals surface area (Å²) in [6, 6.07) is 2.15. The molecule has 0 heterocycles. The average Bonchev–Trinajstić information content (AvgIpc) is 2.08. The molecule has 3 nitrogen and oxygen atoms in total. The van der Waals surface area contributed by atoms with Crippen LogP contribution in [0, 0.1) is 10.1 Å². The van der Waals surface area contributed by atoms with Crippen LogP contribution in [0.15, 0.2) is 17.0 Å². The number of nitro groups is 1. The molecular weight excluding hydrogens is 290 g/mol. The van der Waals surface area contributed by atoms with Crippen LogP contribution in [-0.4, -0.2) is 10.4 Å². The minimum absolute atomic E-state index is 0.363. The minimum Gasteiger partial charge on any atom is -0.258 e. The number of thioether (sulfide) groups is 1. The molecule has 0 bridgehead atoms. The van der Waals surface area contributed by atoms with Gasteiger partial charge in [0.2, 0.25) is 0 Å². The summed E-state index contributed by atoms with van der Waals surface area (Å²) in [5, 5.41) is 9.81. The normalized spacial score (nSPS) is 11.6. The third-order valence-electron chi connectivity index (χ3n) is 1.43. The van der Waals surface area contributed by atoms with Crippen molar-refractivity contribution in [3.8, 4) is 0 Å². The summed E-state index contributed by atoms with van der Waals surface area (Å²) in [6.07, 6.45) is 0. The molecule has 0 radical (unpaired) electrons. The van der Waals surface area contributed by atoms with E-state index in [-0.39, 0.29) is 10.0 Å². The molecule has 1 aromatic carbocycles. The quantitative estimate of drug-likeness (QED) is 0.457. The van der Waals surface area contributed by atoms with Gasteiger partial charge in [0.25, 0.3) is 0 Å². The summed E-state index contributed by atoms with van der Waals surface area (Å²) in [5.74, 6) is 0. The zero-order valence-corrected chi connectivity index (χ0v) is 9.54. The fourth-order valence-electron chi connectivity index (χ4n) is 0.905. The summed E-state index contributed by atoms with van der Waals surface area (Å²) in [6.45, 7) is 0. The molecule has 0 unspecified atom stereocenters. The maximum atomic E-state index is 12.1. The third kappa shape index (κ3) is 3.16. The molecule has 16 heavy (non-hydrogen) atoms. The molecule has 1 rings (SSSR count). The first-order chi connectivity index (χ1) is 7.22. The van der Waals surface area contributed by atoms with Crippen LogP contribution in [0.4, 0.5) is 18.9 Å². The second kappa shape index (κ2) is 4.68. The summed E-state index contributed by atoms with van der Waals surface area (Å²) in [4.78, 5) is 8.86. The predicted octanol–water partition coefficient (Wildman–Crippen LogP) is 4.51. The number of rotatable bonds is 2. The number of alkyl halides is 3. The van der Waals surface area contributed by atoms with Gasteiger partial charge in [-0.1, -0.05) is 23.2 Å². The molecule has 0 fully saturated rings. The van der Waals surface area contributed by atoms with Gasteiger partial charge in [-0.3, -0.25) is 10.1 Å². The van der Waals surface area contributed by atoms with Crippen molar-refractivity contribution >= 4 is 40.7 Å². The molecule has 0 atom stereocenters. The van der Waals surface area contributed by atoms with E-state index in [1.807, 2.05) is 0 Å². The van der Waals surface area contributed by atoms with Crippen LogP contribution in [0.3, 0.4) is 0 Å². The fourth-order valence-corrected chi connectivity index (χ4v) is 2.13. The van der Waals surface area contributed by atoms with E-state index in [0.29, 0.717) is 0 Å². The van der Waals surface area contributed by atoms with E-state index in [2.05, 4.69) is 0 Å². The summed E-state index contributed by atoms with van der Waals surface area (Å²) < 4.78 is 36.4. The van der Waals surface area contributed by atoms with Gasteiger partial charge in [-0.25, -0.2) is 0 Å². The second-order valence-corrected chi connectivity index (χ2v) is 4.40. The van der Waals surface area contributed by atoms with E-state index >= 15 is 0 Å². The van der Waals surface area contributed by atoms with Gasteiger partial charge in [-0.15, -0.1) is 0 Å². The Kier molecular flexibility index (Phi) is 3.92. The van der Waals surface area contributed by atoms with Crippen LogP contribution in [0.2, 0.25) is 10.0 Å². The first-order valence-corrected chi connectivity index (χ1v) is 5.18. The molecule has 0 aliphatic carbocycles. The van der Waals surface area contributed by atoms with Crippen molar-refractivity contribution in [2.24, 2.45) is 0 Å². The average molecular weight is 292 g/mol. The zero-order valence-electron chi connectivity index (χ0n) is 7.22. The van der Waals surface area contributed by atoms with Gasteiger partial charge < -0.3 is 0 Å². The maximum Gasteiger partial charge on any atom is 0.446 e. The minimum atomic E-state index is -4.67. The smallest absolute Gasteiger partial charge is 0.258 e. The van der Waals surface area contributed by atoms with Crippen molar-refractivity contribution in [3.05, 3.63) is 32.3 Å². The highest BCUT2D eigenvalue weighted by atomic mass is 35.5. The third-order valence-corrected chi connectivity index (χ3v) is 3.02. The van der Waals surface area contributed by atoms with Gasteiger partial charge >= 0.3 is 11.2 Å². The Hall–Kier alpha value is -0.660. The SMILES string of the molecule is O=[N+]([O-])c1c(Cl)ccc(Cl)c1SC(F)(F)F. The largest absolute Gasteiger partial charge is 0.446 e. The Morgan fingerprint density at radius 2 is 1.75 bits per heavy atom. The van der Waals surface area contributed by atoms with E-state index in [0.717, 1.165) is 12.1 Å². The van der Waals surface area contributed by atoms with E-state index in [9.17, 15) is 23.3 Å². The van der Waals surface area contributed by atoms with Crippen molar-refractivity contribution in [2.75, 3.05) is 0 Å². The highest BCUT2D eigenvalue weighted by molar-refractivity contribution is 8.00. The maximum absolute atomic E-state index is 12.1. The lowest BCUT2D eigenvalue weighted by molar-refractivity contribution is -0.387. The molecule has 0 aliphatic rings. The molecule has 9 heteroatoms.